The van der Waals surface area contributed by atoms with Gasteiger partial charge in [-0.25, -0.2) is 52.0 Å². The molecule has 4 N–H and O–H groups in total. The summed E-state index contributed by atoms with van der Waals surface area (Å²) in [4.78, 5) is 60.7. The second-order valence-electron chi connectivity index (χ2n) is 29.5. The van der Waals surface area contributed by atoms with Crippen LogP contribution in [0.5, 0.6) is 11.8 Å². The molecule has 0 radical (unpaired) electrons. The predicted octanol–water partition coefficient (Wildman–Crippen LogP) is 13.0. The molecule has 2 saturated carbocycles. The summed E-state index contributed by atoms with van der Waals surface area (Å²) in [5.41, 5.74) is -5.12. The van der Waals surface area contributed by atoms with Crippen molar-refractivity contribution in [3.05, 3.63) is 94.8 Å². The highest BCUT2D eigenvalue weighted by Gasteiger charge is 2.63. The summed E-state index contributed by atoms with van der Waals surface area (Å²) in [5.74, 6) is -0.671. The lowest BCUT2D eigenvalue weighted by atomic mass is 9.93. The Kier molecular flexibility index (Phi) is 24.8. The molecule has 2 unspecified atom stereocenters. The fourth-order valence-electron chi connectivity index (χ4n) is 12.3. The summed E-state index contributed by atoms with van der Waals surface area (Å²) in [7, 11) is -8.11. The van der Waals surface area contributed by atoms with E-state index in [4.69, 9.17) is 52.4 Å². The Bertz CT molecular complexity index is 4220. The van der Waals surface area contributed by atoms with Crippen LogP contribution >= 0.6 is 23.2 Å². The normalized spacial score (nSPS) is 18.2. The van der Waals surface area contributed by atoms with E-state index >= 15 is 0 Å². The number of carboxylic acid groups (broad SMARTS) is 1. The zero-order valence-corrected chi connectivity index (χ0v) is 62.0. The van der Waals surface area contributed by atoms with Gasteiger partial charge < -0.3 is 33.9 Å². The number of pyridine rings is 2. The van der Waals surface area contributed by atoms with Crippen LogP contribution in [-0.4, -0.2) is 166 Å². The number of aromatic carboxylic acids is 1. The number of likely N-dealkylation sites (tertiary alicyclic amines) is 2. The average molecular weight is 1530 g/mol. The Hall–Kier alpha value is -7.76. The van der Waals surface area contributed by atoms with E-state index in [1.54, 1.807) is 15.8 Å². The number of halogens is 8. The molecule has 568 valence electrons. The predicted molar refractivity (Wildman–Crippen MR) is 364 cm³/mol. The number of hydrogen-bond donors (Lipinski definition) is 3. The lowest BCUT2D eigenvalue weighted by molar-refractivity contribution is -0.190. The molecule has 4 fully saturated rings. The van der Waals surface area contributed by atoms with Gasteiger partial charge in [-0.2, -0.15) is 45.0 Å². The Balaban J connectivity index is 0.000000217. The third-order valence-electron chi connectivity index (χ3n) is 17.9. The number of carboxylic acids is 1. The molecular formula is C66H88Cl2F6N14O13S2. The number of nitrogens with two attached hydrogens (primary N) is 1. The summed E-state index contributed by atoms with van der Waals surface area (Å²) in [6.07, 6.45) is 3.37. The molecule has 103 heavy (non-hydrogen) atoms. The van der Waals surface area contributed by atoms with Gasteiger partial charge in [-0.1, -0.05) is 23.2 Å². The molecule has 27 nitrogen and oxygen atoms in total. The minimum atomic E-state index is -4.35. The van der Waals surface area contributed by atoms with Crippen molar-refractivity contribution in [2.75, 3.05) is 26.3 Å². The van der Waals surface area contributed by atoms with Crippen molar-refractivity contribution in [1.29, 1.82) is 0 Å². The minimum absolute atomic E-state index is 0.00637. The number of aromatic nitrogens is 10. The molecule has 2 saturated heterocycles. The molecule has 6 aromatic heterocycles. The van der Waals surface area contributed by atoms with Crippen LogP contribution in [0.4, 0.5) is 35.9 Å². The summed E-state index contributed by atoms with van der Waals surface area (Å²) >= 11 is 12.1. The van der Waals surface area contributed by atoms with E-state index in [0.29, 0.717) is 44.3 Å². The summed E-state index contributed by atoms with van der Waals surface area (Å²) in [6.45, 7) is 21.7. The molecule has 2 atom stereocenters. The highest BCUT2D eigenvalue weighted by atomic mass is 35.5. The van der Waals surface area contributed by atoms with Crippen molar-refractivity contribution in [2.24, 2.45) is 27.8 Å². The number of nitrogens with one attached hydrogen (secondary N) is 1. The van der Waals surface area contributed by atoms with E-state index < -0.39 is 66.3 Å². The van der Waals surface area contributed by atoms with Gasteiger partial charge in [0.2, 0.25) is 11.8 Å². The Morgan fingerprint density at radius 2 is 0.981 bits per heavy atom. The van der Waals surface area contributed by atoms with Crippen LogP contribution in [-0.2, 0) is 42.6 Å². The van der Waals surface area contributed by atoms with Crippen molar-refractivity contribution < 1.29 is 86.4 Å². The van der Waals surface area contributed by atoms with Crippen LogP contribution in [0, 0.1) is 22.7 Å². The largest absolute Gasteiger partial charge is 0.478 e. The fraction of sp³-hybridized carbons (Fsp3) is 0.606. The van der Waals surface area contributed by atoms with Crippen molar-refractivity contribution in [3.8, 4) is 23.4 Å². The lowest BCUT2D eigenvalue weighted by Gasteiger charge is -2.33. The highest BCUT2D eigenvalue weighted by Crippen LogP contribution is 2.61. The zero-order chi connectivity index (χ0) is 76.1. The van der Waals surface area contributed by atoms with Crippen LogP contribution in [0.25, 0.3) is 11.6 Å². The third kappa shape index (κ3) is 21.9. The SMILES string of the molecule is CC(C)(C)OC(=O)N1CC(CCCn2ccc(S(=O)(=O)NC(=O)c3ccc(-n4ccc(OCCCC5(C(F)(F)F)CC5)n4)nc3Cl)n2)CC1(C)C.CC(C)(C)OC(=O)N1CC(CCCn2ccc(S(N)(=O)=O)n2)CC1(C)C.O=C(O)c1ccc(-n2ccc(OCCCC3(C(F)(F)F)CC3)n2)nc1Cl. The molecule has 4 aliphatic rings. The molecule has 2 aliphatic heterocycles. The maximum atomic E-state index is 13.1. The second kappa shape index (κ2) is 31.5. The van der Waals surface area contributed by atoms with E-state index in [0.717, 1.165) is 32.1 Å². The first kappa shape index (κ1) is 80.9. The average Bonchev–Trinajstić information content (AvgIpc) is 1.62. The zero-order valence-electron chi connectivity index (χ0n) is 58.9. The summed E-state index contributed by atoms with van der Waals surface area (Å²) in [5, 5.41) is 29.5. The topological polar surface area (TPSA) is 335 Å². The number of amides is 3. The quantitative estimate of drug-likeness (QED) is 0.0272. The van der Waals surface area contributed by atoms with Gasteiger partial charge >= 0.3 is 30.5 Å². The van der Waals surface area contributed by atoms with Gasteiger partial charge in [-0.05, 0) is 207 Å². The Morgan fingerprint density at radius 1 is 0.583 bits per heavy atom. The van der Waals surface area contributed by atoms with Gasteiger partial charge in [-0.15, -0.1) is 10.2 Å². The number of carbonyl (C=O) groups is 4. The van der Waals surface area contributed by atoms with Gasteiger partial charge in [0.1, 0.15) is 21.5 Å². The number of aryl methyl sites for hydroxylation is 2. The smallest absolute Gasteiger partial charge is 0.410 e. The first-order valence-electron chi connectivity index (χ1n) is 33.4. The summed E-state index contributed by atoms with van der Waals surface area (Å²) in [6, 6.07) is 11.2. The monoisotopic (exact) mass is 1530 g/mol. The van der Waals surface area contributed by atoms with Gasteiger partial charge in [0.15, 0.2) is 21.7 Å². The standard InChI is InChI=1S/C33H43ClF3N7O6S.C17H30N4O4S.C16H15ClF3N3O3/c1-30(2,3)50-29(46)43-21-22(20-31(43,4)5)8-6-16-42-17-12-26(40-42)51(47,48)41-28(45)23-9-10-24(38-27(23)34)44-18-11-25(39-44)49-19-7-13-32(14-15-32)33(35,36)37;1-16(2,3)25-15(22)21-12-13(11-17(21,4)5)7-6-9-20-10-8-14(19-20)26(18,23)24;17-13-10(14(24)25)2-3-11(21-13)23-8-4-12(22-23)26-9-1-5-15(6-7-15)16(18,19)20/h9-12,17-18,22H,6-8,13-16,19-21H2,1-5H3,(H,41,45);8,10,13H,6-7,9,11-12H2,1-5H3,(H2,18,23,24);2-4,8H,1,5-7,9H2,(H,24,25). The van der Waals surface area contributed by atoms with Crippen molar-refractivity contribution in [3.63, 3.8) is 0 Å². The lowest BCUT2D eigenvalue weighted by Crippen LogP contribution is -2.45. The molecule has 0 aromatic carbocycles. The van der Waals surface area contributed by atoms with Gasteiger partial charge in [0, 0.05) is 74.2 Å². The first-order chi connectivity index (χ1) is 47.7. The molecule has 2 aliphatic carbocycles. The molecule has 3 amide bonds. The maximum Gasteiger partial charge on any atom is 0.410 e. The first-order valence-corrected chi connectivity index (χ1v) is 37.2. The Morgan fingerprint density at radius 3 is 1.34 bits per heavy atom. The van der Waals surface area contributed by atoms with Gasteiger partial charge in [0.25, 0.3) is 26.0 Å². The molecule has 0 bridgehead atoms. The number of ether oxygens (including phenoxy) is 4. The van der Waals surface area contributed by atoms with E-state index in [9.17, 15) is 62.4 Å². The number of sulfonamides is 2. The fourth-order valence-corrected chi connectivity index (χ4v) is 14.1. The molecular weight excluding hydrogens is 1450 g/mol. The van der Waals surface area contributed by atoms with Crippen molar-refractivity contribution >= 4 is 67.3 Å². The van der Waals surface area contributed by atoms with Gasteiger partial charge in [0.05, 0.1) is 35.2 Å². The van der Waals surface area contributed by atoms with E-state index in [1.165, 1.54) is 81.2 Å². The molecule has 8 heterocycles. The molecule has 37 heteroatoms. The van der Waals surface area contributed by atoms with Crippen LogP contribution in [0.1, 0.15) is 180 Å². The van der Waals surface area contributed by atoms with Crippen LogP contribution in [0.3, 0.4) is 0 Å². The Labute approximate surface area is 603 Å². The van der Waals surface area contributed by atoms with E-state index in [1.807, 2.05) is 65.0 Å². The number of alkyl halides is 6. The van der Waals surface area contributed by atoms with Crippen LogP contribution < -0.4 is 19.3 Å². The maximum absolute atomic E-state index is 13.1. The number of rotatable bonds is 25. The second-order valence-corrected chi connectivity index (χ2v) is 33.4. The number of carbonyl (C=O) groups excluding carboxylic acids is 3. The highest BCUT2D eigenvalue weighted by molar-refractivity contribution is 7.90. The van der Waals surface area contributed by atoms with Crippen molar-refractivity contribution in [1.82, 2.24) is 63.6 Å². The van der Waals surface area contributed by atoms with Crippen LogP contribution in [0.15, 0.2) is 83.4 Å². The van der Waals surface area contributed by atoms with Gasteiger partial charge in [-0.3, -0.25) is 14.2 Å². The summed E-state index contributed by atoms with van der Waals surface area (Å²) < 4.78 is 156. The molecule has 0 spiro atoms. The van der Waals surface area contributed by atoms with Crippen molar-refractivity contribution in [2.45, 2.75) is 217 Å². The van der Waals surface area contributed by atoms with Crippen LogP contribution in [0.2, 0.25) is 10.3 Å². The number of hydrogen-bond acceptors (Lipinski definition) is 18. The van der Waals surface area contributed by atoms with E-state index in [2.05, 4.69) is 44.2 Å². The number of primary sulfonamides is 1. The van der Waals surface area contributed by atoms with E-state index in [-0.39, 0.29) is 143 Å². The molecule has 10 rings (SSSR count). The third-order valence-corrected chi connectivity index (χ3v) is 20.5. The number of nitrogens with zero attached hydrogens (tertiary/aromatic N) is 12. The molecule has 6 aromatic rings. The minimum Gasteiger partial charge on any atom is -0.478 e.